The molecule has 4 nitrogen and oxygen atoms in total. The maximum atomic E-state index is 11.8. The molecule has 1 aromatic heterocycles. The maximum absolute atomic E-state index is 11.8. The van der Waals surface area contributed by atoms with Crippen LogP contribution in [0.15, 0.2) is 29.8 Å². The maximum Gasteiger partial charge on any atom is 0.341 e. The summed E-state index contributed by atoms with van der Waals surface area (Å²) in [6.07, 6.45) is 4.35. The minimum absolute atomic E-state index is 0.399. The van der Waals surface area contributed by atoms with E-state index in [1.165, 1.54) is 18.2 Å². The fourth-order valence-corrected chi connectivity index (χ4v) is 2.66. The molecule has 0 unspecified atom stereocenters. The Morgan fingerprint density at radius 2 is 1.58 bits per heavy atom. The molecule has 0 bridgehead atoms. The number of esters is 1. The number of ether oxygens (including phenoxy) is 1. The molecular weight excluding hydrogens is 300 g/mol. The molecule has 126 valence electrons. The highest BCUT2D eigenvalue weighted by Gasteiger charge is 2.17. The van der Waals surface area contributed by atoms with E-state index in [-0.39, 0.29) is 0 Å². The van der Waals surface area contributed by atoms with Crippen LogP contribution in [0.5, 0.6) is 0 Å². The topological polar surface area (TPSA) is 52.1 Å². The summed E-state index contributed by atoms with van der Waals surface area (Å²) in [6, 6.07) is 8.17. The van der Waals surface area contributed by atoms with E-state index in [1.807, 2.05) is 12.1 Å². The zero-order chi connectivity index (χ0) is 17.7. The van der Waals surface area contributed by atoms with E-state index in [4.69, 9.17) is 4.74 Å². The smallest absolute Gasteiger partial charge is 0.341 e. The van der Waals surface area contributed by atoms with Crippen molar-refractivity contribution in [1.29, 1.82) is 0 Å². The molecular formula is C20H24N2O2. The van der Waals surface area contributed by atoms with Gasteiger partial charge in [-0.05, 0) is 32.3 Å². The predicted octanol–water partition coefficient (Wildman–Crippen LogP) is 4.75. The first-order valence-electron chi connectivity index (χ1n) is 8.23. The Morgan fingerprint density at radius 3 is 2.04 bits per heavy atom. The molecule has 0 radical (unpaired) electrons. The van der Waals surface area contributed by atoms with Crippen molar-refractivity contribution in [1.82, 2.24) is 9.97 Å². The quantitative estimate of drug-likeness (QED) is 0.745. The summed E-state index contributed by atoms with van der Waals surface area (Å²) in [5.74, 6) is 0.225. The molecule has 0 saturated heterocycles. The van der Waals surface area contributed by atoms with Crippen LogP contribution >= 0.6 is 0 Å². The van der Waals surface area contributed by atoms with Gasteiger partial charge >= 0.3 is 5.97 Å². The molecule has 0 N–H and O–H groups in total. The second kappa shape index (κ2) is 7.86. The molecule has 0 atom stereocenters. The van der Waals surface area contributed by atoms with Gasteiger partial charge in [-0.15, -0.1) is 0 Å². The van der Waals surface area contributed by atoms with Gasteiger partial charge in [-0.3, -0.25) is 0 Å². The molecule has 1 aromatic carbocycles. The largest absolute Gasteiger partial charge is 0.465 e. The van der Waals surface area contributed by atoms with Crippen molar-refractivity contribution >= 4 is 12.0 Å². The number of aryl methyl sites for hydroxylation is 2. The van der Waals surface area contributed by atoms with Crippen molar-refractivity contribution in [3.63, 3.8) is 0 Å². The second-order valence-electron chi connectivity index (χ2n) is 5.72. The first-order chi connectivity index (χ1) is 11.5. The van der Waals surface area contributed by atoms with Crippen molar-refractivity contribution in [3.8, 4) is 11.4 Å². The van der Waals surface area contributed by atoms with Crippen molar-refractivity contribution in [3.05, 3.63) is 52.4 Å². The summed E-state index contributed by atoms with van der Waals surface area (Å²) in [5, 5.41) is 0. The summed E-state index contributed by atoms with van der Waals surface area (Å²) in [4.78, 5) is 20.7. The SMILES string of the molecule is CCC(=Cc1ccc(-c2nc(C)c(C(=O)OC)c(C)n2)cc1)CC. The third kappa shape index (κ3) is 3.88. The highest BCUT2D eigenvalue weighted by Crippen LogP contribution is 2.21. The van der Waals surface area contributed by atoms with Crippen LogP contribution in [0.1, 0.15) is 54.0 Å². The monoisotopic (exact) mass is 324 g/mol. The average molecular weight is 324 g/mol. The minimum atomic E-state index is -0.399. The van der Waals surface area contributed by atoms with Gasteiger partial charge < -0.3 is 4.74 Å². The summed E-state index contributed by atoms with van der Waals surface area (Å²) in [5.41, 5.74) is 5.24. The van der Waals surface area contributed by atoms with Crippen molar-refractivity contribution in [2.45, 2.75) is 40.5 Å². The Kier molecular flexibility index (Phi) is 5.85. The molecule has 0 amide bonds. The van der Waals surface area contributed by atoms with Crippen LogP contribution in [-0.4, -0.2) is 23.0 Å². The summed E-state index contributed by atoms with van der Waals surface area (Å²) in [6.45, 7) is 7.95. The minimum Gasteiger partial charge on any atom is -0.465 e. The van der Waals surface area contributed by atoms with Gasteiger partial charge in [0, 0.05) is 5.56 Å². The van der Waals surface area contributed by atoms with E-state index < -0.39 is 5.97 Å². The number of benzene rings is 1. The lowest BCUT2D eigenvalue weighted by atomic mass is 10.0. The first-order valence-corrected chi connectivity index (χ1v) is 8.23. The number of nitrogens with zero attached hydrogens (tertiary/aromatic N) is 2. The Labute approximate surface area is 143 Å². The molecule has 2 rings (SSSR count). The van der Waals surface area contributed by atoms with Gasteiger partial charge in [-0.2, -0.15) is 0 Å². The van der Waals surface area contributed by atoms with Gasteiger partial charge in [0.15, 0.2) is 5.82 Å². The average Bonchev–Trinajstić information content (AvgIpc) is 2.59. The third-order valence-corrected chi connectivity index (χ3v) is 4.11. The lowest BCUT2D eigenvalue weighted by molar-refractivity contribution is 0.0598. The molecule has 0 fully saturated rings. The molecule has 0 spiro atoms. The summed E-state index contributed by atoms with van der Waals surface area (Å²) < 4.78 is 4.79. The number of hydrogen-bond donors (Lipinski definition) is 0. The van der Waals surface area contributed by atoms with Crippen LogP contribution < -0.4 is 0 Å². The van der Waals surface area contributed by atoms with Crippen LogP contribution in [0, 0.1) is 13.8 Å². The van der Waals surface area contributed by atoms with E-state index in [2.05, 4.69) is 42.0 Å². The molecule has 1 heterocycles. The van der Waals surface area contributed by atoms with E-state index >= 15 is 0 Å². The van der Waals surface area contributed by atoms with Crippen molar-refractivity contribution < 1.29 is 9.53 Å². The number of methoxy groups -OCH3 is 1. The fourth-order valence-electron chi connectivity index (χ4n) is 2.66. The predicted molar refractivity (Wildman–Crippen MR) is 96.8 cm³/mol. The molecule has 4 heteroatoms. The van der Waals surface area contributed by atoms with Gasteiger partial charge in [0.1, 0.15) is 5.56 Å². The van der Waals surface area contributed by atoms with Crippen LogP contribution in [0.3, 0.4) is 0 Å². The standard InChI is InChI=1S/C20H24N2O2/c1-6-15(7-2)12-16-8-10-17(11-9-16)19-21-13(3)18(14(4)22-19)20(23)24-5/h8-12H,6-7H2,1-5H3. The van der Waals surface area contributed by atoms with Crippen LogP contribution in [0.2, 0.25) is 0 Å². The van der Waals surface area contributed by atoms with E-state index in [0.717, 1.165) is 18.4 Å². The Bertz CT molecular complexity index is 733. The van der Waals surface area contributed by atoms with Gasteiger partial charge in [0.2, 0.25) is 0 Å². The zero-order valence-corrected chi connectivity index (χ0v) is 15.0. The second-order valence-corrected chi connectivity index (χ2v) is 5.72. The van der Waals surface area contributed by atoms with E-state index in [9.17, 15) is 4.79 Å². The third-order valence-electron chi connectivity index (χ3n) is 4.11. The number of aromatic nitrogens is 2. The Balaban J connectivity index is 2.36. The first kappa shape index (κ1) is 17.9. The number of hydrogen-bond acceptors (Lipinski definition) is 4. The van der Waals surface area contributed by atoms with Crippen LogP contribution in [-0.2, 0) is 4.74 Å². The number of carbonyl (C=O) groups excluding carboxylic acids is 1. The molecule has 0 aliphatic carbocycles. The number of carbonyl (C=O) groups is 1. The Hall–Kier alpha value is -2.49. The van der Waals surface area contributed by atoms with Crippen molar-refractivity contribution in [2.75, 3.05) is 7.11 Å². The number of rotatable bonds is 5. The molecule has 0 aliphatic rings. The van der Waals surface area contributed by atoms with Gasteiger partial charge in [0.05, 0.1) is 18.5 Å². The molecule has 24 heavy (non-hydrogen) atoms. The Morgan fingerprint density at radius 1 is 1.04 bits per heavy atom. The molecule has 0 aliphatic heterocycles. The van der Waals surface area contributed by atoms with Crippen molar-refractivity contribution in [2.24, 2.45) is 0 Å². The summed E-state index contributed by atoms with van der Waals surface area (Å²) >= 11 is 0. The van der Waals surface area contributed by atoms with Gasteiger partial charge in [-0.25, -0.2) is 14.8 Å². The van der Waals surface area contributed by atoms with Gasteiger partial charge in [-0.1, -0.05) is 49.8 Å². The number of allylic oxidation sites excluding steroid dienone is 1. The molecule has 0 saturated carbocycles. The van der Waals surface area contributed by atoms with Gasteiger partial charge in [0.25, 0.3) is 0 Å². The fraction of sp³-hybridized carbons (Fsp3) is 0.350. The van der Waals surface area contributed by atoms with E-state index in [1.54, 1.807) is 13.8 Å². The van der Waals surface area contributed by atoms with Crippen LogP contribution in [0.4, 0.5) is 0 Å². The molecule has 2 aromatic rings. The zero-order valence-electron chi connectivity index (χ0n) is 15.0. The lowest BCUT2D eigenvalue weighted by Crippen LogP contribution is -2.10. The summed E-state index contributed by atoms with van der Waals surface area (Å²) in [7, 11) is 1.36. The lowest BCUT2D eigenvalue weighted by Gasteiger charge is -2.09. The van der Waals surface area contributed by atoms with Crippen LogP contribution in [0.25, 0.3) is 17.5 Å². The highest BCUT2D eigenvalue weighted by molar-refractivity contribution is 5.91. The highest BCUT2D eigenvalue weighted by atomic mass is 16.5. The van der Waals surface area contributed by atoms with E-state index in [0.29, 0.717) is 22.8 Å². The normalized spacial score (nSPS) is 10.4.